The van der Waals surface area contributed by atoms with Crippen LogP contribution in [-0.2, 0) is 42.0 Å². The Morgan fingerprint density at radius 1 is 1.10 bits per heavy atom. The molecular formula is C29H23F3N6O8S2. The van der Waals surface area contributed by atoms with E-state index in [0.717, 1.165) is 10.5 Å². The van der Waals surface area contributed by atoms with Gasteiger partial charge >= 0.3 is 18.1 Å². The fraction of sp³-hybridized carbons (Fsp3) is 0.241. The highest BCUT2D eigenvalue weighted by Gasteiger charge is 2.53. The number of nitrogens with one attached hydrogen (secondary N) is 2. The van der Waals surface area contributed by atoms with Crippen molar-refractivity contribution in [2.75, 3.05) is 11.1 Å². The number of benzene rings is 2. The highest BCUT2D eigenvalue weighted by Crippen LogP contribution is 2.38. The number of hydrogen-bond acceptors (Lipinski definition) is 12. The Morgan fingerprint density at radius 3 is 2.44 bits per heavy atom. The standard InChI is InChI=1S/C29H23F3N6O8S2/c1-15-2-4-17(5-3-15)13-46-36-21(19-14-48-28(33-19)35-27(42)29(30,31)32)23(39)34-22-24(40)37-20(10-11-47-25(22)37)26(41)45-12-16-6-8-18(9-7-16)38(43)44/h2-10,14,22,25H,11-13H2,1H3,(H,34,39)(H,33,35,42)/t22?,25-/m0/s1. The Kier molecular flexibility index (Phi) is 10.1. The van der Waals surface area contributed by atoms with E-state index >= 15 is 0 Å². The summed E-state index contributed by atoms with van der Waals surface area (Å²) in [6.07, 6.45) is -3.68. The number of esters is 1. The molecule has 250 valence electrons. The Labute approximate surface area is 277 Å². The number of fused-ring (bicyclic) bond motifs is 1. The summed E-state index contributed by atoms with van der Waals surface area (Å²) in [5.74, 6) is -4.38. The molecule has 48 heavy (non-hydrogen) atoms. The number of nitro groups is 1. The molecule has 3 heterocycles. The molecule has 0 aliphatic carbocycles. The van der Waals surface area contributed by atoms with E-state index in [9.17, 15) is 42.5 Å². The number of aryl methyl sites for hydroxylation is 1. The molecule has 0 spiro atoms. The summed E-state index contributed by atoms with van der Waals surface area (Å²) in [6.45, 7) is 1.60. The van der Waals surface area contributed by atoms with E-state index in [4.69, 9.17) is 9.57 Å². The van der Waals surface area contributed by atoms with E-state index in [0.29, 0.717) is 22.5 Å². The van der Waals surface area contributed by atoms with Gasteiger partial charge in [0, 0.05) is 23.3 Å². The fourth-order valence-corrected chi connectivity index (χ4v) is 6.23. The van der Waals surface area contributed by atoms with E-state index in [1.165, 1.54) is 47.5 Å². The lowest BCUT2D eigenvalue weighted by molar-refractivity contribution is -0.384. The van der Waals surface area contributed by atoms with Crippen LogP contribution in [0.3, 0.4) is 0 Å². The fourth-order valence-electron chi connectivity index (χ4n) is 4.34. The molecule has 1 saturated heterocycles. The predicted molar refractivity (Wildman–Crippen MR) is 165 cm³/mol. The molecule has 0 bridgehead atoms. The maximum atomic E-state index is 13.4. The lowest BCUT2D eigenvalue weighted by atomic mass is 10.0. The number of carbonyl (C=O) groups excluding carboxylic acids is 4. The quantitative estimate of drug-likeness (QED) is 0.0979. The molecule has 2 aliphatic heterocycles. The number of thioether (sulfide) groups is 1. The third-order valence-corrected chi connectivity index (χ3v) is 8.75. The van der Waals surface area contributed by atoms with Crippen molar-refractivity contribution in [3.63, 3.8) is 0 Å². The summed E-state index contributed by atoms with van der Waals surface area (Å²) >= 11 is 1.86. The van der Waals surface area contributed by atoms with E-state index in [1.807, 2.05) is 19.1 Å². The Morgan fingerprint density at radius 2 is 1.77 bits per heavy atom. The number of aromatic nitrogens is 1. The lowest BCUT2D eigenvalue weighted by Gasteiger charge is -2.48. The molecule has 0 radical (unpaired) electrons. The topological polar surface area (TPSA) is 182 Å². The zero-order valence-corrected chi connectivity index (χ0v) is 26.2. The van der Waals surface area contributed by atoms with Crippen molar-refractivity contribution in [1.29, 1.82) is 0 Å². The molecule has 2 N–H and O–H groups in total. The first kappa shape index (κ1) is 34.0. The maximum absolute atomic E-state index is 13.4. The van der Waals surface area contributed by atoms with Gasteiger partial charge in [0.2, 0.25) is 0 Å². The number of β-lactam (4-membered cyclic amide) rings is 1. The first-order valence-electron chi connectivity index (χ1n) is 13.8. The Bertz CT molecular complexity index is 1810. The average Bonchev–Trinajstić information content (AvgIpc) is 3.52. The van der Waals surface area contributed by atoms with Crippen LogP contribution in [0.15, 0.2) is 70.8 Å². The highest BCUT2D eigenvalue weighted by molar-refractivity contribution is 8.00. The molecule has 1 fully saturated rings. The zero-order valence-electron chi connectivity index (χ0n) is 24.6. The third-order valence-electron chi connectivity index (χ3n) is 6.81. The van der Waals surface area contributed by atoms with Gasteiger partial charge in [-0.05, 0) is 36.3 Å². The zero-order chi connectivity index (χ0) is 34.6. The van der Waals surface area contributed by atoms with Gasteiger partial charge in [-0.1, -0.05) is 35.0 Å². The third kappa shape index (κ3) is 7.80. The summed E-state index contributed by atoms with van der Waals surface area (Å²) in [6, 6.07) is 11.4. The number of hydrogen-bond donors (Lipinski definition) is 2. The first-order valence-corrected chi connectivity index (χ1v) is 15.7. The molecule has 1 unspecified atom stereocenters. The van der Waals surface area contributed by atoms with Crippen molar-refractivity contribution in [2.24, 2.45) is 5.16 Å². The maximum Gasteiger partial charge on any atom is 0.471 e. The van der Waals surface area contributed by atoms with Crippen molar-refractivity contribution < 1.29 is 46.8 Å². The summed E-state index contributed by atoms with van der Waals surface area (Å²) in [5.41, 5.74) is 1.29. The molecule has 1 aromatic heterocycles. The van der Waals surface area contributed by atoms with Crippen molar-refractivity contribution >= 4 is 63.3 Å². The van der Waals surface area contributed by atoms with Crippen LogP contribution in [0.5, 0.6) is 0 Å². The second-order valence-corrected chi connectivity index (χ2v) is 12.2. The van der Waals surface area contributed by atoms with E-state index in [1.54, 1.807) is 17.4 Å². The van der Waals surface area contributed by atoms with Gasteiger partial charge in [-0.25, -0.2) is 9.78 Å². The molecule has 2 aliphatic rings. The van der Waals surface area contributed by atoms with Gasteiger partial charge in [-0.15, -0.1) is 23.1 Å². The second-order valence-electron chi connectivity index (χ2n) is 10.2. The molecule has 2 aromatic carbocycles. The minimum absolute atomic E-state index is 0.0453. The van der Waals surface area contributed by atoms with Crippen LogP contribution < -0.4 is 10.6 Å². The van der Waals surface area contributed by atoms with E-state index < -0.39 is 57.0 Å². The number of rotatable bonds is 11. The number of ether oxygens (including phenoxy) is 1. The normalized spacial score (nSPS) is 17.4. The summed E-state index contributed by atoms with van der Waals surface area (Å²) in [7, 11) is 0. The van der Waals surface area contributed by atoms with Gasteiger partial charge in [0.1, 0.15) is 36.0 Å². The van der Waals surface area contributed by atoms with Crippen LogP contribution in [0.25, 0.3) is 0 Å². The SMILES string of the molecule is Cc1ccc(CON=C(C(=O)NC2C(=O)N3C(C(=O)OCc4ccc([N+](=O)[O-])cc4)=CCS[C@@H]23)c2csc(NC(=O)C(F)(F)F)n2)cc1. The summed E-state index contributed by atoms with van der Waals surface area (Å²) in [5, 5.41) is 18.9. The van der Waals surface area contributed by atoms with Crippen LogP contribution in [0, 0.1) is 17.0 Å². The van der Waals surface area contributed by atoms with Crippen LogP contribution in [0.1, 0.15) is 22.4 Å². The molecule has 14 nitrogen and oxygen atoms in total. The minimum atomic E-state index is -5.17. The van der Waals surface area contributed by atoms with Gasteiger partial charge in [0.25, 0.3) is 17.5 Å². The van der Waals surface area contributed by atoms with Gasteiger partial charge in [0.05, 0.1) is 4.92 Å². The number of oxime groups is 1. The minimum Gasteiger partial charge on any atom is -0.456 e. The number of alkyl halides is 3. The highest BCUT2D eigenvalue weighted by atomic mass is 32.2. The number of carbonyl (C=O) groups is 4. The number of thiazole rings is 1. The molecular weight excluding hydrogens is 681 g/mol. The van der Waals surface area contributed by atoms with E-state index in [2.05, 4.69) is 15.5 Å². The van der Waals surface area contributed by atoms with Crippen LogP contribution in [0.4, 0.5) is 24.0 Å². The number of non-ortho nitro benzene ring substituents is 1. The molecule has 0 saturated carbocycles. The summed E-state index contributed by atoms with van der Waals surface area (Å²) < 4.78 is 43.5. The first-order chi connectivity index (χ1) is 22.8. The van der Waals surface area contributed by atoms with Gasteiger partial charge in [0.15, 0.2) is 10.8 Å². The monoisotopic (exact) mass is 704 g/mol. The number of nitrogens with zero attached hydrogens (tertiary/aromatic N) is 4. The average molecular weight is 705 g/mol. The molecule has 2 atom stereocenters. The van der Waals surface area contributed by atoms with E-state index in [-0.39, 0.29) is 36.0 Å². The number of anilines is 1. The number of nitro benzene ring substituents is 1. The van der Waals surface area contributed by atoms with Crippen molar-refractivity contribution in [1.82, 2.24) is 15.2 Å². The lowest BCUT2D eigenvalue weighted by Crippen LogP contribution is -2.70. The van der Waals surface area contributed by atoms with Crippen LogP contribution in [0.2, 0.25) is 0 Å². The number of halogens is 3. The van der Waals surface area contributed by atoms with Crippen molar-refractivity contribution in [3.8, 4) is 0 Å². The molecule has 19 heteroatoms. The van der Waals surface area contributed by atoms with Gasteiger partial charge < -0.3 is 14.9 Å². The Balaban J connectivity index is 1.26. The predicted octanol–water partition coefficient (Wildman–Crippen LogP) is 3.81. The second kappa shape index (κ2) is 14.2. The van der Waals surface area contributed by atoms with Crippen molar-refractivity contribution in [3.05, 3.63) is 98.2 Å². The molecule has 5 rings (SSSR count). The number of amides is 3. The van der Waals surface area contributed by atoms with Gasteiger partial charge in [-0.3, -0.25) is 34.7 Å². The smallest absolute Gasteiger partial charge is 0.456 e. The largest absolute Gasteiger partial charge is 0.471 e. The van der Waals surface area contributed by atoms with Crippen LogP contribution >= 0.6 is 23.1 Å². The Hall–Kier alpha value is -5.30. The molecule has 3 amide bonds. The van der Waals surface area contributed by atoms with Gasteiger partial charge in [-0.2, -0.15) is 13.2 Å². The summed E-state index contributed by atoms with van der Waals surface area (Å²) in [4.78, 5) is 71.5. The van der Waals surface area contributed by atoms with Crippen molar-refractivity contribution in [2.45, 2.75) is 37.7 Å². The van der Waals surface area contributed by atoms with Crippen LogP contribution in [-0.4, -0.2) is 67.6 Å². The molecule has 3 aromatic rings.